The van der Waals surface area contributed by atoms with Crippen LogP contribution >= 0.6 is 0 Å². The lowest BCUT2D eigenvalue weighted by Gasteiger charge is -2.28. The van der Waals surface area contributed by atoms with E-state index in [0.717, 1.165) is 25.0 Å². The van der Waals surface area contributed by atoms with Crippen LogP contribution in [-0.4, -0.2) is 30.6 Å². The molecule has 0 unspecified atom stereocenters. The number of non-ortho nitro benzene ring substituents is 1. The molecule has 0 radical (unpaired) electrons. The van der Waals surface area contributed by atoms with Crippen LogP contribution < -0.4 is 4.72 Å². The van der Waals surface area contributed by atoms with Gasteiger partial charge in [-0.1, -0.05) is 12.8 Å². The average Bonchev–Trinajstić information content (AvgIpc) is 2.41. The molecule has 20 heavy (non-hydrogen) atoms. The summed E-state index contributed by atoms with van der Waals surface area (Å²) in [5.41, 5.74) is -0.165. The third-order valence-electron chi connectivity index (χ3n) is 3.39. The van der Waals surface area contributed by atoms with E-state index in [1.54, 1.807) is 0 Å². The highest BCUT2D eigenvalue weighted by atomic mass is 32.2. The third-order valence-corrected chi connectivity index (χ3v) is 4.90. The predicted molar refractivity (Wildman–Crippen MR) is 71.7 cm³/mol. The van der Waals surface area contributed by atoms with Crippen LogP contribution in [0.4, 0.5) is 5.69 Å². The van der Waals surface area contributed by atoms with Crippen molar-refractivity contribution in [3.05, 3.63) is 34.4 Å². The maximum Gasteiger partial charge on any atom is 0.269 e. The molecule has 1 saturated carbocycles. The van der Waals surface area contributed by atoms with Gasteiger partial charge in [-0.15, -0.1) is 0 Å². The summed E-state index contributed by atoms with van der Waals surface area (Å²) in [5, 5.41) is 20.3. The first-order valence-corrected chi connectivity index (χ1v) is 7.83. The number of nitrogens with one attached hydrogen (secondary N) is 1. The summed E-state index contributed by atoms with van der Waals surface area (Å²) in [6, 6.07) is 4.17. The molecule has 1 aliphatic carbocycles. The Bertz CT molecular complexity index is 584. The number of benzene rings is 1. The molecule has 2 atom stereocenters. The second-order valence-electron chi connectivity index (χ2n) is 4.83. The van der Waals surface area contributed by atoms with Gasteiger partial charge in [-0.25, -0.2) is 13.1 Å². The van der Waals surface area contributed by atoms with Gasteiger partial charge in [-0.2, -0.15) is 0 Å². The second-order valence-corrected chi connectivity index (χ2v) is 6.54. The van der Waals surface area contributed by atoms with Crippen LogP contribution in [0.3, 0.4) is 0 Å². The highest BCUT2D eigenvalue weighted by Crippen LogP contribution is 2.21. The van der Waals surface area contributed by atoms with Crippen LogP contribution in [0, 0.1) is 10.1 Å². The molecule has 1 aromatic carbocycles. The topological polar surface area (TPSA) is 110 Å². The smallest absolute Gasteiger partial charge is 0.269 e. The number of aliphatic hydroxyl groups is 1. The van der Waals surface area contributed by atoms with Gasteiger partial charge in [0, 0.05) is 18.2 Å². The first-order valence-electron chi connectivity index (χ1n) is 6.35. The van der Waals surface area contributed by atoms with Crippen LogP contribution in [-0.2, 0) is 10.0 Å². The zero-order valence-corrected chi connectivity index (χ0v) is 11.5. The molecule has 8 heteroatoms. The van der Waals surface area contributed by atoms with Gasteiger partial charge in [0.05, 0.1) is 15.9 Å². The molecule has 0 aromatic heterocycles. The minimum Gasteiger partial charge on any atom is -0.391 e. The number of hydrogen-bond donors (Lipinski definition) is 2. The van der Waals surface area contributed by atoms with Crippen molar-refractivity contribution in [1.29, 1.82) is 0 Å². The molecular weight excluding hydrogens is 284 g/mol. The van der Waals surface area contributed by atoms with E-state index in [-0.39, 0.29) is 10.6 Å². The molecule has 2 N–H and O–H groups in total. The molecule has 0 saturated heterocycles. The highest BCUT2D eigenvalue weighted by Gasteiger charge is 2.28. The van der Waals surface area contributed by atoms with E-state index < -0.39 is 27.1 Å². The minimum absolute atomic E-state index is 0.0409. The van der Waals surface area contributed by atoms with Crippen molar-refractivity contribution in [1.82, 2.24) is 4.72 Å². The van der Waals surface area contributed by atoms with E-state index in [1.165, 1.54) is 12.1 Å². The van der Waals surface area contributed by atoms with E-state index in [9.17, 15) is 23.6 Å². The quantitative estimate of drug-likeness (QED) is 0.641. The summed E-state index contributed by atoms with van der Waals surface area (Å²) in [5.74, 6) is 0. The van der Waals surface area contributed by atoms with E-state index in [4.69, 9.17) is 0 Å². The Balaban J connectivity index is 2.15. The van der Waals surface area contributed by atoms with Gasteiger partial charge in [0.25, 0.3) is 5.69 Å². The Morgan fingerprint density at radius 1 is 1.20 bits per heavy atom. The molecule has 110 valence electrons. The van der Waals surface area contributed by atoms with Crippen molar-refractivity contribution < 1.29 is 18.4 Å². The van der Waals surface area contributed by atoms with Crippen molar-refractivity contribution in [3.63, 3.8) is 0 Å². The van der Waals surface area contributed by atoms with Crippen LogP contribution in [0.2, 0.25) is 0 Å². The maximum absolute atomic E-state index is 12.1. The molecule has 0 amide bonds. The van der Waals surface area contributed by atoms with Gasteiger partial charge in [-0.3, -0.25) is 10.1 Å². The van der Waals surface area contributed by atoms with Gasteiger partial charge < -0.3 is 5.11 Å². The molecular formula is C12H16N2O5S. The SMILES string of the molecule is O=[N+]([O-])c1ccc(S(=O)(=O)N[C@H]2CCCC[C@H]2O)cc1. The van der Waals surface area contributed by atoms with Gasteiger partial charge in [-0.05, 0) is 25.0 Å². The normalized spacial score (nSPS) is 23.4. The maximum atomic E-state index is 12.1. The van der Waals surface area contributed by atoms with Crippen molar-refractivity contribution in [2.45, 2.75) is 42.7 Å². The largest absolute Gasteiger partial charge is 0.391 e. The molecule has 0 heterocycles. The Morgan fingerprint density at radius 2 is 1.80 bits per heavy atom. The Labute approximate surface area is 116 Å². The summed E-state index contributed by atoms with van der Waals surface area (Å²) < 4.78 is 26.7. The number of nitro groups is 1. The van der Waals surface area contributed by atoms with Crippen molar-refractivity contribution in [2.24, 2.45) is 0 Å². The Kier molecular flexibility index (Phi) is 4.36. The first kappa shape index (κ1) is 14.9. The molecule has 1 aromatic rings. The van der Waals surface area contributed by atoms with Gasteiger partial charge in [0.1, 0.15) is 0 Å². The molecule has 2 rings (SSSR count). The van der Waals surface area contributed by atoms with Gasteiger partial charge >= 0.3 is 0 Å². The highest BCUT2D eigenvalue weighted by molar-refractivity contribution is 7.89. The Hall–Kier alpha value is -1.51. The summed E-state index contributed by atoms with van der Waals surface area (Å²) >= 11 is 0. The van der Waals surface area contributed by atoms with E-state index in [0.29, 0.717) is 12.8 Å². The second kappa shape index (κ2) is 5.86. The number of nitro benzene ring substituents is 1. The lowest BCUT2D eigenvalue weighted by Crippen LogP contribution is -2.44. The molecule has 7 nitrogen and oxygen atoms in total. The fraction of sp³-hybridized carbons (Fsp3) is 0.500. The van der Waals surface area contributed by atoms with E-state index in [1.807, 2.05) is 0 Å². The van der Waals surface area contributed by atoms with Crippen molar-refractivity contribution >= 4 is 15.7 Å². The zero-order valence-electron chi connectivity index (χ0n) is 10.7. The van der Waals surface area contributed by atoms with Crippen LogP contribution in [0.5, 0.6) is 0 Å². The fourth-order valence-electron chi connectivity index (χ4n) is 2.26. The monoisotopic (exact) mass is 300 g/mol. The van der Waals surface area contributed by atoms with Gasteiger partial charge in [0.15, 0.2) is 0 Å². The number of hydrogen-bond acceptors (Lipinski definition) is 5. The fourth-order valence-corrected chi connectivity index (χ4v) is 3.57. The van der Waals surface area contributed by atoms with Crippen LogP contribution in [0.1, 0.15) is 25.7 Å². The minimum atomic E-state index is -3.77. The first-order chi connectivity index (χ1) is 9.40. The molecule has 0 bridgehead atoms. The summed E-state index contributed by atoms with van der Waals surface area (Å²) in [4.78, 5) is 9.90. The number of rotatable bonds is 4. The molecule has 1 aliphatic rings. The third kappa shape index (κ3) is 3.33. The number of aliphatic hydroxyl groups excluding tert-OH is 1. The van der Waals surface area contributed by atoms with E-state index in [2.05, 4.69) is 4.72 Å². The molecule has 0 spiro atoms. The van der Waals surface area contributed by atoms with Crippen LogP contribution in [0.15, 0.2) is 29.2 Å². The van der Waals surface area contributed by atoms with Crippen molar-refractivity contribution in [3.8, 4) is 0 Å². The van der Waals surface area contributed by atoms with Crippen LogP contribution in [0.25, 0.3) is 0 Å². The van der Waals surface area contributed by atoms with Gasteiger partial charge in [0.2, 0.25) is 10.0 Å². The predicted octanol–water partition coefficient (Wildman–Crippen LogP) is 1.18. The summed E-state index contributed by atoms with van der Waals surface area (Å²) in [6.07, 6.45) is 2.24. The summed E-state index contributed by atoms with van der Waals surface area (Å²) in [7, 11) is -3.77. The zero-order chi connectivity index (χ0) is 14.8. The standard InChI is InChI=1S/C12H16N2O5S/c15-12-4-2-1-3-11(12)13-20(18,19)10-7-5-9(6-8-10)14(16)17/h5-8,11-13,15H,1-4H2/t11-,12+/m0/s1. The lowest BCUT2D eigenvalue weighted by molar-refractivity contribution is -0.384. The molecule has 1 fully saturated rings. The molecule has 0 aliphatic heterocycles. The number of sulfonamides is 1. The van der Waals surface area contributed by atoms with Crippen molar-refractivity contribution in [2.75, 3.05) is 0 Å². The average molecular weight is 300 g/mol. The number of nitrogens with zero attached hydrogens (tertiary/aromatic N) is 1. The lowest BCUT2D eigenvalue weighted by atomic mass is 9.93. The Morgan fingerprint density at radius 3 is 2.35 bits per heavy atom. The summed E-state index contributed by atoms with van der Waals surface area (Å²) in [6.45, 7) is 0. The van der Waals surface area contributed by atoms with E-state index >= 15 is 0 Å².